The molecular formula is C28H36Cl2SiZr. The van der Waals surface area contributed by atoms with Crippen molar-refractivity contribution < 1.29 is 17.4 Å². The second-order valence-corrected chi connectivity index (χ2v) is 34.5. The number of halogens is 2. The minimum atomic E-state index is -3.50. The molecule has 32 heavy (non-hydrogen) atoms. The van der Waals surface area contributed by atoms with Crippen LogP contribution < -0.4 is 3.27 Å². The van der Waals surface area contributed by atoms with E-state index in [-0.39, 0.29) is 24.8 Å². The summed E-state index contributed by atoms with van der Waals surface area (Å²) in [7, 11) is 0. The Bertz CT molecular complexity index is 1110. The molecule has 2 fully saturated rings. The van der Waals surface area contributed by atoms with Crippen molar-refractivity contribution in [1.29, 1.82) is 0 Å². The van der Waals surface area contributed by atoms with Gasteiger partial charge in [0.05, 0.1) is 0 Å². The van der Waals surface area contributed by atoms with Crippen molar-refractivity contribution in [3.05, 3.63) is 75.1 Å². The molecule has 0 radical (unpaired) electrons. The second kappa shape index (κ2) is 9.33. The monoisotopic (exact) mass is 560 g/mol. The number of allylic oxidation sites excluding steroid dienone is 4. The van der Waals surface area contributed by atoms with Crippen LogP contribution in [-0.4, -0.2) is 6.88 Å². The maximum atomic E-state index is 2.65. The van der Waals surface area contributed by atoms with E-state index >= 15 is 0 Å². The van der Waals surface area contributed by atoms with Crippen LogP contribution in [0.15, 0.2) is 64.0 Å². The van der Waals surface area contributed by atoms with Crippen LogP contribution >= 0.6 is 24.8 Å². The number of benzene rings is 2. The fourth-order valence-corrected chi connectivity index (χ4v) is 38.5. The predicted octanol–water partition coefficient (Wildman–Crippen LogP) is 7.53. The molecule has 170 valence electrons. The average molecular weight is 563 g/mol. The van der Waals surface area contributed by atoms with Gasteiger partial charge >= 0.3 is 185 Å². The Morgan fingerprint density at radius 3 is 2.00 bits per heavy atom. The van der Waals surface area contributed by atoms with Gasteiger partial charge in [-0.25, -0.2) is 0 Å². The molecule has 0 bridgehead atoms. The second-order valence-electron chi connectivity index (χ2n) is 10.6. The first-order valence-corrected chi connectivity index (χ1v) is 23.5. The van der Waals surface area contributed by atoms with Crippen molar-refractivity contribution in [3.8, 4) is 11.1 Å². The van der Waals surface area contributed by atoms with E-state index in [1.807, 2.05) is 6.55 Å². The van der Waals surface area contributed by atoms with Crippen LogP contribution in [0.1, 0.15) is 68.9 Å². The summed E-state index contributed by atoms with van der Waals surface area (Å²) in [4.78, 5) is 0. The molecule has 0 nitrogen and oxygen atoms in total. The molecule has 0 aromatic heterocycles. The normalized spacial score (nSPS) is 20.5. The van der Waals surface area contributed by atoms with Gasteiger partial charge in [-0.3, -0.25) is 0 Å². The summed E-state index contributed by atoms with van der Waals surface area (Å²) in [6, 6.07) is 16.7. The van der Waals surface area contributed by atoms with Crippen molar-refractivity contribution in [3.63, 3.8) is 0 Å². The van der Waals surface area contributed by atoms with E-state index in [0.29, 0.717) is 0 Å². The minimum absolute atomic E-state index is 0. The van der Waals surface area contributed by atoms with E-state index in [1.165, 1.54) is 69.8 Å². The molecule has 0 saturated heterocycles. The van der Waals surface area contributed by atoms with Crippen LogP contribution in [0.4, 0.5) is 0 Å². The van der Waals surface area contributed by atoms with Gasteiger partial charge in [-0.15, -0.1) is 24.8 Å². The molecule has 4 aliphatic rings. The van der Waals surface area contributed by atoms with Gasteiger partial charge in [0, 0.05) is 0 Å². The van der Waals surface area contributed by atoms with E-state index in [4.69, 9.17) is 0 Å². The van der Waals surface area contributed by atoms with Gasteiger partial charge in [0.25, 0.3) is 0 Å². The van der Waals surface area contributed by atoms with E-state index < -0.39 is 17.4 Å². The van der Waals surface area contributed by atoms with Gasteiger partial charge in [-0.1, -0.05) is 0 Å². The maximum absolute atomic E-state index is 3.50. The molecule has 0 atom stereocenters. The van der Waals surface area contributed by atoms with E-state index in [2.05, 4.69) is 67.6 Å². The Kier molecular flexibility index (Phi) is 7.21. The molecule has 4 heteroatoms. The standard InChI is InChI=1S/C13H9.2C5H9.C5H5.2ClH.H2Si.Zr/c1-3-7-12-10(5-1)9-11-6-2-4-8-13(11)12;3*1-2-4-5-3-1;;;;/h1-5,7-8H,9H2;2*1H,2-5H2;1-3H,4H2;2*1H;1H2;. The summed E-state index contributed by atoms with van der Waals surface area (Å²) in [5, 5.41) is 0. The van der Waals surface area contributed by atoms with Gasteiger partial charge in [0.1, 0.15) is 0 Å². The van der Waals surface area contributed by atoms with Crippen molar-refractivity contribution in [1.82, 2.24) is 0 Å². The molecule has 0 N–H and O–H groups in total. The SMILES string of the molecule is Cl.Cl.[SiH2]=[Zr]([C]1=CC=CC1)([c]1cccc2c1Cc1ccccc1-2)([CH]1CCCC1)[CH]1CCCC1. The van der Waals surface area contributed by atoms with Crippen molar-refractivity contribution in [2.24, 2.45) is 0 Å². The number of rotatable bonds is 4. The molecule has 0 unspecified atom stereocenters. The molecule has 2 aromatic rings. The van der Waals surface area contributed by atoms with Crippen LogP contribution in [0.25, 0.3) is 11.1 Å². The molecule has 0 heterocycles. The zero-order valence-electron chi connectivity index (χ0n) is 19.0. The quantitative estimate of drug-likeness (QED) is 0.288. The topological polar surface area (TPSA) is 0 Å². The molecule has 2 saturated carbocycles. The van der Waals surface area contributed by atoms with Crippen molar-refractivity contribution >= 4 is 35.0 Å². The van der Waals surface area contributed by atoms with Crippen LogP contribution in [-0.2, 0) is 23.8 Å². The summed E-state index contributed by atoms with van der Waals surface area (Å²) in [5.41, 5.74) is 6.38. The van der Waals surface area contributed by atoms with Crippen molar-refractivity contribution in [2.45, 2.75) is 71.5 Å². The van der Waals surface area contributed by atoms with E-state index in [1.54, 1.807) is 16.7 Å². The van der Waals surface area contributed by atoms with Gasteiger partial charge in [0.15, 0.2) is 0 Å². The Balaban J connectivity index is 0.00000122. The molecular weight excluding hydrogens is 527 g/mol. The summed E-state index contributed by atoms with van der Waals surface area (Å²) >= 11 is -3.50. The Labute approximate surface area is 208 Å². The zero-order chi connectivity index (χ0) is 20.2. The molecule has 4 aliphatic carbocycles. The Morgan fingerprint density at radius 2 is 1.38 bits per heavy atom. The third-order valence-electron chi connectivity index (χ3n) is 9.59. The van der Waals surface area contributed by atoms with Gasteiger partial charge in [0.2, 0.25) is 0 Å². The fraction of sp³-hybridized carbons (Fsp3) is 0.429. The van der Waals surface area contributed by atoms with Gasteiger partial charge < -0.3 is 0 Å². The van der Waals surface area contributed by atoms with E-state index in [9.17, 15) is 0 Å². The van der Waals surface area contributed by atoms with Crippen molar-refractivity contribution in [2.75, 3.05) is 0 Å². The third-order valence-corrected chi connectivity index (χ3v) is 42.3. The van der Waals surface area contributed by atoms with Crippen LogP contribution in [0.5, 0.6) is 0 Å². The zero-order valence-corrected chi connectivity index (χ0v) is 24.5. The van der Waals surface area contributed by atoms with Gasteiger partial charge in [-0.2, -0.15) is 0 Å². The Morgan fingerprint density at radius 1 is 0.750 bits per heavy atom. The van der Waals surface area contributed by atoms with Crippen LogP contribution in [0.2, 0.25) is 7.25 Å². The molecule has 0 amide bonds. The molecule has 0 spiro atoms. The fourth-order valence-electron chi connectivity index (χ4n) is 8.24. The van der Waals surface area contributed by atoms with E-state index in [0.717, 1.165) is 7.25 Å². The first-order chi connectivity index (χ1) is 14.7. The third kappa shape index (κ3) is 3.30. The van der Waals surface area contributed by atoms with Crippen LogP contribution in [0, 0.1) is 0 Å². The number of hydrogen-bond donors (Lipinski definition) is 0. The van der Waals surface area contributed by atoms with Crippen LogP contribution in [0.3, 0.4) is 0 Å². The first kappa shape index (κ1) is 24.7. The summed E-state index contributed by atoms with van der Waals surface area (Å²) < 4.78 is 5.85. The average Bonchev–Trinajstić information content (AvgIpc) is 3.59. The summed E-state index contributed by atoms with van der Waals surface area (Å²) in [5.74, 6) is 0. The molecule has 2 aromatic carbocycles. The van der Waals surface area contributed by atoms with Gasteiger partial charge in [-0.05, 0) is 0 Å². The Hall–Kier alpha value is -0.400. The summed E-state index contributed by atoms with van der Waals surface area (Å²) in [6.45, 7) is 2.65. The molecule has 6 rings (SSSR count). The summed E-state index contributed by atoms with van der Waals surface area (Å²) in [6.07, 6.45) is 21.8. The predicted molar refractivity (Wildman–Crippen MR) is 144 cm³/mol. The number of hydrogen-bond acceptors (Lipinski definition) is 0. The molecule has 0 aliphatic heterocycles. The number of fused-ring (bicyclic) bond motifs is 3. The first-order valence-electron chi connectivity index (χ1n) is 12.3.